The molecule has 0 spiro atoms. The molecule has 0 aliphatic carbocycles. The largest absolute Gasteiger partial charge is 0.324 e. The Labute approximate surface area is 257 Å². The van der Waals surface area contributed by atoms with Crippen LogP contribution in [0, 0.1) is 64.2 Å². The molecule has 20 nitrogen and oxygen atoms in total. The van der Waals surface area contributed by atoms with Gasteiger partial charge in [-0.15, -0.1) is 39.9 Å². The molecule has 0 amide bonds. The highest BCUT2D eigenvalue weighted by molar-refractivity contribution is 5.67. The van der Waals surface area contributed by atoms with Crippen molar-refractivity contribution in [1.82, 2.24) is 69.2 Å². The number of azo groups is 2. The van der Waals surface area contributed by atoms with Crippen LogP contribution in [-0.2, 0) is 0 Å². The Kier molecular flexibility index (Phi) is 6.26. The van der Waals surface area contributed by atoms with Crippen LogP contribution in [0.4, 0.5) is 23.0 Å². The van der Waals surface area contributed by atoms with Crippen molar-refractivity contribution in [3.05, 3.63) is 57.9 Å². The summed E-state index contributed by atoms with van der Waals surface area (Å²) >= 11 is 0. The van der Waals surface area contributed by atoms with Crippen molar-refractivity contribution in [3.8, 4) is 23.8 Å². The Balaban J connectivity index is 1.32. The van der Waals surface area contributed by atoms with E-state index in [1.807, 2.05) is 0 Å². The van der Waals surface area contributed by atoms with Gasteiger partial charge in [0, 0.05) is 6.07 Å². The maximum Gasteiger partial charge on any atom is 0.197 e. The Morgan fingerprint density at radius 1 is 0.587 bits per heavy atom. The molecule has 20 heteroatoms. The van der Waals surface area contributed by atoms with Gasteiger partial charge in [-0.05, 0) is 41.5 Å². The summed E-state index contributed by atoms with van der Waals surface area (Å²) in [5.74, 6) is 2.12. The van der Waals surface area contributed by atoms with Gasteiger partial charge in [-0.3, -0.25) is 0 Å². The first-order valence-corrected chi connectivity index (χ1v) is 13.7. The van der Waals surface area contributed by atoms with E-state index < -0.39 is 0 Å². The highest BCUT2D eigenvalue weighted by Crippen LogP contribution is 2.32. The monoisotopic (exact) mass is 614 g/mol. The lowest BCUT2D eigenvalue weighted by Crippen LogP contribution is -2.05. The molecule has 0 aliphatic rings. The number of aryl methyl sites for hydroxylation is 6. The molecule has 7 aromatic rings. The van der Waals surface area contributed by atoms with E-state index in [4.69, 9.17) is 0 Å². The first-order chi connectivity index (χ1) is 22.2. The molecular formula is C26H22N20. The maximum absolute atomic E-state index is 9.95. The maximum atomic E-state index is 9.95. The number of aromatic nitrogens is 14. The zero-order valence-electron chi connectivity index (χ0n) is 25.2. The van der Waals surface area contributed by atoms with Crippen LogP contribution < -0.4 is 0 Å². The SMILES string of the molecule is Cc1nn2nc(C)c(/N=N/c3c(C#N)c(C)nn3-c3cc(-n4nc(C)c(C#N)c4/N=N/c4c(C)nn5nc(C)[nH]c45)ncn3)c2[nH]1. The van der Waals surface area contributed by atoms with Crippen LogP contribution in [0.2, 0.25) is 0 Å². The molecule has 2 N–H and O–H groups in total. The molecule has 226 valence electrons. The third-order valence-corrected chi connectivity index (χ3v) is 6.97. The minimum absolute atomic E-state index is 0.143. The first kappa shape index (κ1) is 27.8. The normalized spacial score (nSPS) is 11.9. The van der Waals surface area contributed by atoms with Crippen molar-refractivity contribution in [2.24, 2.45) is 20.5 Å². The van der Waals surface area contributed by atoms with Gasteiger partial charge in [0.1, 0.15) is 41.2 Å². The van der Waals surface area contributed by atoms with E-state index in [9.17, 15) is 10.5 Å². The van der Waals surface area contributed by atoms with Crippen molar-refractivity contribution in [1.29, 1.82) is 10.5 Å². The number of H-pyrrole nitrogens is 2. The van der Waals surface area contributed by atoms with Gasteiger partial charge in [-0.2, -0.15) is 40.3 Å². The van der Waals surface area contributed by atoms with Gasteiger partial charge in [0.2, 0.25) is 0 Å². The predicted octanol–water partition coefficient (Wildman–Crippen LogP) is 4.01. The highest BCUT2D eigenvalue weighted by Gasteiger charge is 2.22. The summed E-state index contributed by atoms with van der Waals surface area (Å²) < 4.78 is 5.64. The lowest BCUT2D eigenvalue weighted by Gasteiger charge is -2.06. The topological polar surface area (TPSA) is 250 Å². The molecule has 7 aromatic heterocycles. The van der Waals surface area contributed by atoms with E-state index >= 15 is 0 Å². The standard InChI is InChI=1S/C26H22N20/c1-11-17(8-27)23(35-33-21-13(3)39-45-25(21)31-15(5)41-45)43(37-11)19-7-20(30-10-29-19)44-24(18(9-28)12(2)38-44)36-34-22-14(4)40-46-26(22)32-16(6)42-46/h7,10H,1-6H3,(H,31,41)(H,32,42)/b35-33+,36-34+. The van der Waals surface area contributed by atoms with Crippen molar-refractivity contribution < 1.29 is 0 Å². The molecule has 0 radical (unpaired) electrons. The number of nitrogens with zero attached hydrogens (tertiary/aromatic N) is 18. The van der Waals surface area contributed by atoms with Gasteiger partial charge in [0.05, 0.1) is 22.8 Å². The molecule has 0 atom stereocenters. The van der Waals surface area contributed by atoms with Gasteiger partial charge in [0.25, 0.3) is 0 Å². The zero-order valence-corrected chi connectivity index (χ0v) is 25.2. The van der Waals surface area contributed by atoms with E-state index in [0.29, 0.717) is 57.1 Å². The summed E-state index contributed by atoms with van der Waals surface area (Å²) in [6, 6.07) is 5.86. The number of nitrogens with one attached hydrogen (secondary N) is 2. The molecule has 0 aromatic carbocycles. The summed E-state index contributed by atoms with van der Waals surface area (Å²) in [7, 11) is 0. The first-order valence-electron chi connectivity index (χ1n) is 13.7. The molecular weight excluding hydrogens is 592 g/mol. The Hall–Kier alpha value is -6.96. The predicted molar refractivity (Wildman–Crippen MR) is 157 cm³/mol. The quantitative estimate of drug-likeness (QED) is 0.254. The smallest absolute Gasteiger partial charge is 0.197 e. The second-order valence-electron chi connectivity index (χ2n) is 10.2. The summed E-state index contributed by atoms with van der Waals surface area (Å²) in [6.07, 6.45) is 1.30. The number of hydrogen-bond donors (Lipinski definition) is 2. The lowest BCUT2D eigenvalue weighted by atomic mass is 10.3. The molecule has 46 heavy (non-hydrogen) atoms. The van der Waals surface area contributed by atoms with Crippen LogP contribution in [0.25, 0.3) is 22.9 Å². The average molecular weight is 615 g/mol. The van der Waals surface area contributed by atoms with Gasteiger partial charge >= 0.3 is 0 Å². The summed E-state index contributed by atoms with van der Waals surface area (Å²) in [5, 5.41) is 63.8. The molecule has 0 saturated heterocycles. The van der Waals surface area contributed by atoms with Crippen molar-refractivity contribution in [3.63, 3.8) is 0 Å². The Bertz CT molecular complexity index is 2300. The molecule has 0 fully saturated rings. The van der Waals surface area contributed by atoms with Crippen molar-refractivity contribution in [2.75, 3.05) is 0 Å². The number of hydrogen-bond acceptors (Lipinski definition) is 14. The fourth-order valence-corrected chi connectivity index (χ4v) is 4.85. The second-order valence-corrected chi connectivity index (χ2v) is 10.2. The number of nitriles is 2. The fourth-order valence-electron chi connectivity index (χ4n) is 4.85. The van der Waals surface area contributed by atoms with Gasteiger partial charge in [-0.1, -0.05) is 0 Å². The minimum atomic E-state index is 0.143. The van der Waals surface area contributed by atoms with Crippen LogP contribution in [-0.4, -0.2) is 69.2 Å². The molecule has 0 unspecified atom stereocenters. The van der Waals surface area contributed by atoms with E-state index in [0.717, 1.165) is 0 Å². The lowest BCUT2D eigenvalue weighted by molar-refractivity contribution is 0.788. The van der Waals surface area contributed by atoms with Gasteiger partial charge < -0.3 is 9.97 Å². The molecule has 0 saturated carbocycles. The van der Waals surface area contributed by atoms with Gasteiger partial charge in [0.15, 0.2) is 45.9 Å². The van der Waals surface area contributed by atoms with E-state index in [2.05, 4.69) is 83.1 Å². The number of fused-ring (bicyclic) bond motifs is 2. The summed E-state index contributed by atoms with van der Waals surface area (Å²) in [6.45, 7) is 10.5. The molecule has 7 heterocycles. The van der Waals surface area contributed by atoms with Crippen LogP contribution >= 0.6 is 0 Å². The van der Waals surface area contributed by atoms with E-state index in [-0.39, 0.29) is 34.4 Å². The minimum Gasteiger partial charge on any atom is -0.324 e. The van der Waals surface area contributed by atoms with Crippen LogP contribution in [0.15, 0.2) is 32.9 Å². The van der Waals surface area contributed by atoms with Crippen LogP contribution in [0.3, 0.4) is 0 Å². The average Bonchev–Trinajstić information content (AvgIpc) is 3.83. The third kappa shape index (κ3) is 4.36. The van der Waals surface area contributed by atoms with Crippen molar-refractivity contribution in [2.45, 2.75) is 41.5 Å². The van der Waals surface area contributed by atoms with Crippen LogP contribution in [0.5, 0.6) is 0 Å². The molecule has 0 bridgehead atoms. The van der Waals surface area contributed by atoms with Gasteiger partial charge in [-0.25, -0.2) is 9.97 Å². The zero-order chi connectivity index (χ0) is 32.3. The Morgan fingerprint density at radius 3 is 1.43 bits per heavy atom. The molecule has 0 aliphatic heterocycles. The number of aromatic amines is 2. The van der Waals surface area contributed by atoms with E-state index in [1.165, 1.54) is 25.0 Å². The highest BCUT2D eigenvalue weighted by atomic mass is 15.5. The summed E-state index contributed by atoms with van der Waals surface area (Å²) in [5.41, 5.74) is 4.46. The Morgan fingerprint density at radius 2 is 1.02 bits per heavy atom. The number of rotatable bonds is 6. The molecule has 7 rings (SSSR count). The fraction of sp³-hybridized carbons (Fsp3) is 0.231. The van der Waals surface area contributed by atoms with Crippen LogP contribution in [0.1, 0.15) is 45.6 Å². The van der Waals surface area contributed by atoms with E-state index in [1.54, 1.807) is 47.6 Å². The second kappa shape index (κ2) is 10.3. The van der Waals surface area contributed by atoms with Crippen molar-refractivity contribution >= 4 is 34.3 Å². The summed E-state index contributed by atoms with van der Waals surface area (Å²) in [4.78, 5) is 15.0. The third-order valence-electron chi connectivity index (χ3n) is 6.97.